The highest BCUT2D eigenvalue weighted by Gasteiger charge is 2.19. The Morgan fingerprint density at radius 1 is 1.00 bits per heavy atom. The average Bonchev–Trinajstić information content (AvgIpc) is 2.79. The Morgan fingerprint density at radius 2 is 1.69 bits per heavy atom. The molecule has 3 aromatic carbocycles. The first-order valence-corrected chi connectivity index (χ1v) is 12.3. The number of anilines is 2. The minimum atomic E-state index is -0.586. The number of para-hydroxylation sites is 1. The summed E-state index contributed by atoms with van der Waals surface area (Å²) < 4.78 is 5.30. The third kappa shape index (κ3) is 8.30. The van der Waals surface area contributed by atoms with E-state index < -0.39 is 17.7 Å². The predicted molar refractivity (Wildman–Crippen MR) is 144 cm³/mol. The Balaban J connectivity index is 1.65. The third-order valence-electron chi connectivity index (χ3n) is 5.69. The third-order valence-corrected chi connectivity index (χ3v) is 6.05. The number of hydrogen-bond acceptors (Lipinski definition) is 4. The number of rotatable bonds is 9. The number of alkyl carbamates (subject to hydrolysis) is 1. The van der Waals surface area contributed by atoms with E-state index in [0.29, 0.717) is 12.8 Å². The summed E-state index contributed by atoms with van der Waals surface area (Å²) in [7, 11) is 0. The molecular formula is C29H35ClN2O3. The van der Waals surface area contributed by atoms with Crippen LogP contribution in [-0.2, 0) is 17.6 Å². The zero-order valence-corrected chi connectivity index (χ0v) is 21.7. The van der Waals surface area contributed by atoms with Crippen LogP contribution >= 0.6 is 11.6 Å². The molecule has 0 unspecified atom stereocenters. The predicted octanol–water partition coefficient (Wildman–Crippen LogP) is 6.80. The van der Waals surface area contributed by atoms with Crippen molar-refractivity contribution in [3.63, 3.8) is 0 Å². The van der Waals surface area contributed by atoms with E-state index in [-0.39, 0.29) is 6.61 Å². The van der Waals surface area contributed by atoms with Gasteiger partial charge in [-0.25, -0.2) is 4.79 Å². The summed E-state index contributed by atoms with van der Waals surface area (Å²) >= 11 is 6.63. The van der Waals surface area contributed by atoms with Crippen LogP contribution in [0.15, 0.2) is 66.7 Å². The zero-order chi connectivity index (χ0) is 25.4. The van der Waals surface area contributed by atoms with Crippen LogP contribution in [0.25, 0.3) is 0 Å². The summed E-state index contributed by atoms with van der Waals surface area (Å²) in [5.41, 5.74) is 5.96. The van der Waals surface area contributed by atoms with E-state index in [1.54, 1.807) is 0 Å². The summed E-state index contributed by atoms with van der Waals surface area (Å²) in [5.74, 6) is 0. The number of hydrogen-bond donors (Lipinski definition) is 3. The SMILES string of the molecule is Cc1ccccc1Cc1ccc(Nc2ccccc2CC[C@H](CO)NC(=O)OC(C)(C)C)cc1Cl. The number of carbonyl (C=O) groups excluding carboxylic acids is 1. The lowest BCUT2D eigenvalue weighted by Gasteiger charge is -2.23. The summed E-state index contributed by atoms with van der Waals surface area (Å²) in [6, 6.07) is 22.0. The minimum Gasteiger partial charge on any atom is -0.444 e. The molecule has 0 aliphatic carbocycles. The second-order valence-corrected chi connectivity index (χ2v) is 10.2. The maximum absolute atomic E-state index is 12.1. The van der Waals surface area contributed by atoms with Crippen molar-refractivity contribution in [2.75, 3.05) is 11.9 Å². The number of carbonyl (C=O) groups is 1. The van der Waals surface area contributed by atoms with Gasteiger partial charge < -0.3 is 20.5 Å². The first-order valence-electron chi connectivity index (χ1n) is 11.9. The van der Waals surface area contributed by atoms with Gasteiger partial charge in [-0.15, -0.1) is 0 Å². The number of ether oxygens (including phenoxy) is 1. The smallest absolute Gasteiger partial charge is 0.407 e. The van der Waals surface area contributed by atoms with Gasteiger partial charge >= 0.3 is 6.09 Å². The number of benzene rings is 3. The lowest BCUT2D eigenvalue weighted by molar-refractivity contribution is 0.0479. The normalized spacial score (nSPS) is 12.2. The number of amides is 1. The maximum Gasteiger partial charge on any atom is 0.407 e. The van der Waals surface area contributed by atoms with E-state index in [2.05, 4.69) is 35.8 Å². The molecule has 0 saturated heterocycles. The molecule has 6 heteroatoms. The van der Waals surface area contributed by atoms with Gasteiger partial charge in [-0.2, -0.15) is 0 Å². The Labute approximate surface area is 213 Å². The van der Waals surface area contributed by atoms with E-state index in [4.69, 9.17) is 16.3 Å². The molecule has 3 aromatic rings. The van der Waals surface area contributed by atoms with Gasteiger partial charge in [0.15, 0.2) is 0 Å². The molecule has 35 heavy (non-hydrogen) atoms. The minimum absolute atomic E-state index is 0.160. The fourth-order valence-electron chi connectivity index (χ4n) is 3.81. The number of aliphatic hydroxyl groups is 1. The van der Waals surface area contributed by atoms with E-state index in [9.17, 15) is 9.90 Å². The Hall–Kier alpha value is -3.02. The van der Waals surface area contributed by atoms with Crippen molar-refractivity contribution in [2.45, 2.75) is 58.6 Å². The van der Waals surface area contributed by atoms with Crippen molar-refractivity contribution < 1.29 is 14.6 Å². The molecule has 0 aromatic heterocycles. The van der Waals surface area contributed by atoms with Gasteiger partial charge in [0.2, 0.25) is 0 Å². The van der Waals surface area contributed by atoms with Crippen molar-refractivity contribution in [1.82, 2.24) is 5.32 Å². The molecule has 1 amide bonds. The monoisotopic (exact) mass is 494 g/mol. The highest BCUT2D eigenvalue weighted by molar-refractivity contribution is 6.31. The second-order valence-electron chi connectivity index (χ2n) is 9.76. The number of aryl methyl sites for hydroxylation is 2. The molecule has 0 bridgehead atoms. The lowest BCUT2D eigenvalue weighted by atomic mass is 10.0. The van der Waals surface area contributed by atoms with Crippen molar-refractivity contribution in [3.05, 3.63) is 94.0 Å². The summed E-state index contributed by atoms with van der Waals surface area (Å²) in [6.07, 6.45) is 1.51. The molecule has 186 valence electrons. The maximum atomic E-state index is 12.1. The molecule has 3 N–H and O–H groups in total. The van der Waals surface area contributed by atoms with Crippen molar-refractivity contribution in [2.24, 2.45) is 0 Å². The molecule has 1 atom stereocenters. The largest absolute Gasteiger partial charge is 0.444 e. The number of halogens is 1. The molecule has 0 heterocycles. The van der Waals surface area contributed by atoms with E-state index >= 15 is 0 Å². The van der Waals surface area contributed by atoms with Crippen LogP contribution in [0.4, 0.5) is 16.2 Å². The van der Waals surface area contributed by atoms with Crippen molar-refractivity contribution in [1.29, 1.82) is 0 Å². The topological polar surface area (TPSA) is 70.6 Å². The van der Waals surface area contributed by atoms with E-state index in [0.717, 1.165) is 33.9 Å². The fraction of sp³-hybridized carbons (Fsp3) is 0.345. The molecule has 0 aliphatic rings. The molecule has 0 radical (unpaired) electrons. The van der Waals surface area contributed by atoms with Crippen LogP contribution in [0, 0.1) is 6.92 Å². The van der Waals surface area contributed by atoms with Gasteiger partial charge in [0.05, 0.1) is 12.6 Å². The summed E-state index contributed by atoms with van der Waals surface area (Å²) in [5, 5.41) is 16.7. The summed E-state index contributed by atoms with van der Waals surface area (Å²) in [6.45, 7) is 7.38. The zero-order valence-electron chi connectivity index (χ0n) is 20.9. The highest BCUT2D eigenvalue weighted by atomic mass is 35.5. The van der Waals surface area contributed by atoms with Crippen LogP contribution in [0.5, 0.6) is 0 Å². The molecule has 5 nitrogen and oxygen atoms in total. The van der Waals surface area contributed by atoms with Crippen LogP contribution in [0.3, 0.4) is 0 Å². The first kappa shape index (κ1) is 26.6. The van der Waals surface area contributed by atoms with Gasteiger partial charge in [0.25, 0.3) is 0 Å². The molecule has 3 rings (SSSR count). The molecule has 0 aliphatic heterocycles. The lowest BCUT2D eigenvalue weighted by Crippen LogP contribution is -2.41. The molecule has 0 fully saturated rings. The molecular weight excluding hydrogens is 460 g/mol. The standard InChI is InChI=1S/C29H35ClN2O3/c1-20-9-5-6-11-22(20)17-23-14-15-24(18-26(23)30)31-27-12-8-7-10-21(27)13-16-25(19-33)32-28(34)35-29(2,3)4/h5-12,14-15,18,25,31,33H,13,16-17,19H2,1-4H3,(H,32,34)/t25-/m1/s1. The van der Waals surface area contributed by atoms with Gasteiger partial charge in [-0.05, 0) is 87.4 Å². The molecule has 0 saturated carbocycles. The average molecular weight is 495 g/mol. The molecule has 0 spiro atoms. The Morgan fingerprint density at radius 3 is 2.34 bits per heavy atom. The Kier molecular flexibility index (Phi) is 9.19. The van der Waals surface area contributed by atoms with Gasteiger partial charge in [0, 0.05) is 16.4 Å². The van der Waals surface area contributed by atoms with Crippen molar-refractivity contribution >= 4 is 29.1 Å². The second kappa shape index (κ2) is 12.1. The van der Waals surface area contributed by atoms with Gasteiger partial charge in [0.1, 0.15) is 5.60 Å². The number of aliphatic hydroxyl groups excluding tert-OH is 1. The first-order chi connectivity index (χ1) is 16.6. The number of nitrogens with one attached hydrogen (secondary N) is 2. The van der Waals surface area contributed by atoms with Gasteiger partial charge in [-0.3, -0.25) is 0 Å². The van der Waals surface area contributed by atoms with Gasteiger partial charge in [-0.1, -0.05) is 60.1 Å². The van der Waals surface area contributed by atoms with Crippen LogP contribution < -0.4 is 10.6 Å². The summed E-state index contributed by atoms with van der Waals surface area (Å²) in [4.78, 5) is 12.1. The van der Waals surface area contributed by atoms with E-state index in [1.165, 1.54) is 11.1 Å². The fourth-order valence-corrected chi connectivity index (χ4v) is 4.06. The van der Waals surface area contributed by atoms with E-state index in [1.807, 2.05) is 69.3 Å². The van der Waals surface area contributed by atoms with Crippen molar-refractivity contribution in [3.8, 4) is 0 Å². The highest BCUT2D eigenvalue weighted by Crippen LogP contribution is 2.28. The van der Waals surface area contributed by atoms with Crippen LogP contribution in [0.1, 0.15) is 49.4 Å². The van der Waals surface area contributed by atoms with Crippen LogP contribution in [-0.4, -0.2) is 29.4 Å². The quantitative estimate of drug-likeness (QED) is 0.306. The van der Waals surface area contributed by atoms with Crippen LogP contribution in [0.2, 0.25) is 5.02 Å². The Bertz CT molecular complexity index is 1140.